The Kier molecular flexibility index (Phi) is 6.65. The van der Waals surface area contributed by atoms with Gasteiger partial charge in [0.2, 0.25) is 5.91 Å². The number of aryl methyl sites for hydroxylation is 1. The van der Waals surface area contributed by atoms with Gasteiger partial charge < -0.3 is 9.30 Å². The Morgan fingerprint density at radius 2 is 1.71 bits per heavy atom. The molecule has 2 amide bonds. The van der Waals surface area contributed by atoms with Crippen LogP contribution in [0.2, 0.25) is 0 Å². The topological polar surface area (TPSA) is 64.4 Å². The van der Waals surface area contributed by atoms with E-state index in [2.05, 4.69) is 83.3 Å². The molecule has 0 saturated carbocycles. The molecular formula is C35H35N3O3. The summed E-state index contributed by atoms with van der Waals surface area (Å²) in [5.74, 6) is -0.215. The second-order valence-corrected chi connectivity index (χ2v) is 12.2. The Labute approximate surface area is 240 Å². The number of pyridine rings is 1. The number of carbonyl (C=O) groups is 2. The Balaban J connectivity index is 1.42. The van der Waals surface area contributed by atoms with Crippen LogP contribution in [0.15, 0.2) is 91.4 Å². The third kappa shape index (κ3) is 5.10. The highest BCUT2D eigenvalue weighted by Crippen LogP contribution is 2.41. The zero-order chi connectivity index (χ0) is 28.8. The predicted octanol–water partition coefficient (Wildman–Crippen LogP) is 7.19. The number of hydrogen-bond acceptors (Lipinski definition) is 4. The van der Waals surface area contributed by atoms with Crippen LogP contribution in [0.3, 0.4) is 0 Å². The summed E-state index contributed by atoms with van der Waals surface area (Å²) >= 11 is 0. The van der Waals surface area contributed by atoms with E-state index in [0.29, 0.717) is 25.9 Å². The van der Waals surface area contributed by atoms with Gasteiger partial charge >= 0.3 is 6.09 Å². The van der Waals surface area contributed by atoms with Gasteiger partial charge in [-0.1, -0.05) is 48.5 Å². The number of benzene rings is 3. The number of ether oxygens (including phenoxy) is 1. The number of rotatable bonds is 5. The lowest BCUT2D eigenvalue weighted by Crippen LogP contribution is -2.44. The Hall–Kier alpha value is -4.45. The van der Waals surface area contributed by atoms with Crippen molar-refractivity contribution >= 4 is 33.7 Å². The fraction of sp³-hybridized carbons (Fsp3) is 0.286. The number of likely N-dealkylation sites (tertiary alicyclic amines) is 1. The summed E-state index contributed by atoms with van der Waals surface area (Å²) < 4.78 is 7.88. The first-order chi connectivity index (χ1) is 19.6. The second-order valence-electron chi connectivity index (χ2n) is 12.2. The van der Waals surface area contributed by atoms with Crippen molar-refractivity contribution in [2.75, 3.05) is 6.54 Å². The van der Waals surface area contributed by atoms with Crippen molar-refractivity contribution in [2.24, 2.45) is 0 Å². The molecule has 1 aliphatic heterocycles. The smallest absolute Gasteiger partial charge is 0.417 e. The fourth-order valence-electron chi connectivity index (χ4n) is 6.08. The molecule has 0 bridgehead atoms. The molecule has 41 heavy (non-hydrogen) atoms. The third-order valence-corrected chi connectivity index (χ3v) is 8.09. The summed E-state index contributed by atoms with van der Waals surface area (Å²) in [6.07, 6.45) is 6.08. The van der Waals surface area contributed by atoms with E-state index in [1.165, 1.54) is 26.8 Å². The maximum absolute atomic E-state index is 14.2. The molecule has 5 aromatic rings. The van der Waals surface area contributed by atoms with Crippen molar-refractivity contribution in [3.63, 3.8) is 0 Å². The van der Waals surface area contributed by atoms with Crippen LogP contribution < -0.4 is 0 Å². The summed E-state index contributed by atoms with van der Waals surface area (Å²) in [4.78, 5) is 32.7. The van der Waals surface area contributed by atoms with Crippen molar-refractivity contribution in [3.8, 4) is 0 Å². The van der Waals surface area contributed by atoms with Gasteiger partial charge in [-0.2, -0.15) is 0 Å². The molecule has 208 valence electrons. The van der Waals surface area contributed by atoms with Gasteiger partial charge in [0.25, 0.3) is 0 Å². The van der Waals surface area contributed by atoms with Crippen molar-refractivity contribution in [2.45, 2.75) is 58.1 Å². The maximum Gasteiger partial charge on any atom is 0.417 e. The number of nitrogens with zero attached hydrogens (tertiary/aromatic N) is 3. The van der Waals surface area contributed by atoms with Crippen molar-refractivity contribution in [1.29, 1.82) is 0 Å². The van der Waals surface area contributed by atoms with E-state index in [0.717, 1.165) is 22.0 Å². The summed E-state index contributed by atoms with van der Waals surface area (Å²) in [7, 11) is 0. The van der Waals surface area contributed by atoms with Crippen LogP contribution in [0.4, 0.5) is 4.79 Å². The first-order valence-corrected chi connectivity index (χ1v) is 14.1. The number of imide groups is 1. The maximum atomic E-state index is 14.2. The zero-order valence-corrected chi connectivity index (χ0v) is 24.1. The van der Waals surface area contributed by atoms with Crippen molar-refractivity contribution < 1.29 is 14.3 Å². The average molecular weight is 546 g/mol. The summed E-state index contributed by atoms with van der Waals surface area (Å²) in [5, 5.41) is 3.59. The standard InChI is InChI=1S/C35H35N3O3/c1-24-22-37(23-26-9-10-27-7-5-6-8-28(27)19-26)31-20-29(11-12-30(24)31)35(21-25-13-16-36-17-14-25)15-18-38(32(35)39)33(40)41-34(2,3)4/h5-14,16-17,19-20,22H,15,18,21,23H2,1-4H3. The Morgan fingerprint density at radius 3 is 2.46 bits per heavy atom. The van der Waals surface area contributed by atoms with Crippen LogP contribution in [0.25, 0.3) is 21.7 Å². The molecule has 1 fully saturated rings. The molecule has 3 aromatic carbocycles. The average Bonchev–Trinajstić information content (AvgIpc) is 3.44. The molecule has 0 aliphatic carbocycles. The zero-order valence-electron chi connectivity index (χ0n) is 24.1. The van der Waals surface area contributed by atoms with Gasteiger partial charge in [0, 0.05) is 42.6 Å². The van der Waals surface area contributed by atoms with Crippen molar-refractivity contribution in [3.05, 3.63) is 114 Å². The highest BCUT2D eigenvalue weighted by atomic mass is 16.6. The van der Waals surface area contributed by atoms with Gasteiger partial charge in [-0.15, -0.1) is 0 Å². The van der Waals surface area contributed by atoms with E-state index >= 15 is 0 Å². The van der Waals surface area contributed by atoms with Gasteiger partial charge in [0.05, 0.1) is 5.41 Å². The van der Waals surface area contributed by atoms with Crippen LogP contribution in [0, 0.1) is 6.92 Å². The van der Waals surface area contributed by atoms with E-state index in [1.54, 1.807) is 12.4 Å². The number of aromatic nitrogens is 2. The van der Waals surface area contributed by atoms with E-state index in [1.807, 2.05) is 32.9 Å². The van der Waals surface area contributed by atoms with E-state index in [4.69, 9.17) is 4.74 Å². The molecule has 0 radical (unpaired) electrons. The minimum Gasteiger partial charge on any atom is -0.443 e. The summed E-state index contributed by atoms with van der Waals surface area (Å²) in [5.41, 5.74) is 3.81. The summed E-state index contributed by atoms with van der Waals surface area (Å²) in [6.45, 7) is 8.60. The van der Waals surface area contributed by atoms with Gasteiger partial charge in [0.15, 0.2) is 0 Å². The number of fused-ring (bicyclic) bond motifs is 2. The van der Waals surface area contributed by atoms with Crippen LogP contribution in [0.1, 0.15) is 49.4 Å². The molecule has 6 heteroatoms. The van der Waals surface area contributed by atoms with E-state index in [-0.39, 0.29) is 5.91 Å². The SMILES string of the molecule is Cc1cn(Cc2ccc3ccccc3c2)c2cc(C3(Cc4ccncc4)CCN(C(=O)OC(C)(C)C)C3=O)ccc12. The fourth-order valence-corrected chi connectivity index (χ4v) is 6.08. The van der Waals surface area contributed by atoms with Gasteiger partial charge in [-0.25, -0.2) is 9.69 Å². The number of hydrogen-bond donors (Lipinski definition) is 0. The molecule has 3 heterocycles. The van der Waals surface area contributed by atoms with E-state index in [9.17, 15) is 9.59 Å². The summed E-state index contributed by atoms with van der Waals surface area (Å²) in [6, 6.07) is 25.2. The molecule has 2 aromatic heterocycles. The first kappa shape index (κ1) is 26.8. The molecule has 6 nitrogen and oxygen atoms in total. The Morgan fingerprint density at radius 1 is 0.951 bits per heavy atom. The van der Waals surface area contributed by atoms with E-state index < -0.39 is 17.1 Å². The Bertz CT molecular complexity index is 1770. The van der Waals surface area contributed by atoms with Crippen LogP contribution in [-0.4, -0.2) is 38.6 Å². The minimum absolute atomic E-state index is 0.215. The number of carbonyl (C=O) groups excluding carboxylic acids is 2. The largest absolute Gasteiger partial charge is 0.443 e. The lowest BCUT2D eigenvalue weighted by Gasteiger charge is -2.29. The molecule has 1 aliphatic rings. The molecule has 0 spiro atoms. The molecule has 1 saturated heterocycles. The molecule has 1 unspecified atom stereocenters. The minimum atomic E-state index is -0.890. The third-order valence-electron chi connectivity index (χ3n) is 8.09. The van der Waals surface area contributed by atoms with Crippen LogP contribution in [-0.2, 0) is 27.9 Å². The monoisotopic (exact) mass is 545 g/mol. The molecule has 6 rings (SSSR count). The quantitative estimate of drug-likeness (QED) is 0.234. The molecule has 1 atom stereocenters. The van der Waals surface area contributed by atoms with Gasteiger partial charge in [0.1, 0.15) is 5.60 Å². The van der Waals surface area contributed by atoms with Crippen LogP contribution in [0.5, 0.6) is 0 Å². The normalized spacial score (nSPS) is 17.5. The predicted molar refractivity (Wildman–Crippen MR) is 162 cm³/mol. The van der Waals surface area contributed by atoms with Gasteiger partial charge in [-0.3, -0.25) is 9.78 Å². The number of amides is 2. The highest BCUT2D eigenvalue weighted by molar-refractivity contribution is 6.01. The lowest BCUT2D eigenvalue weighted by atomic mass is 9.74. The van der Waals surface area contributed by atoms with Gasteiger partial charge in [-0.05, 0) is 97.8 Å². The van der Waals surface area contributed by atoms with Crippen molar-refractivity contribution in [1.82, 2.24) is 14.5 Å². The molecular weight excluding hydrogens is 510 g/mol. The highest BCUT2D eigenvalue weighted by Gasteiger charge is 2.51. The molecule has 0 N–H and O–H groups in total. The van der Waals surface area contributed by atoms with Crippen LogP contribution >= 0.6 is 0 Å². The second kappa shape index (κ2) is 10.2. The lowest BCUT2D eigenvalue weighted by molar-refractivity contribution is -0.131. The first-order valence-electron chi connectivity index (χ1n) is 14.1.